The maximum atomic E-state index is 5.60. The highest BCUT2D eigenvalue weighted by Crippen LogP contribution is 2.30. The molecular weight excluding hydrogens is 288 g/mol. The van der Waals surface area contributed by atoms with Crippen molar-refractivity contribution in [1.82, 2.24) is 15.1 Å². The van der Waals surface area contributed by atoms with Crippen molar-refractivity contribution in [3.05, 3.63) is 35.0 Å². The normalized spacial score (nSPS) is 10.8. The van der Waals surface area contributed by atoms with E-state index in [4.69, 9.17) is 15.0 Å². The van der Waals surface area contributed by atoms with E-state index in [-0.39, 0.29) is 0 Å². The Bertz CT molecular complexity index is 749. The summed E-state index contributed by atoms with van der Waals surface area (Å²) in [4.78, 5) is 9.65. The van der Waals surface area contributed by atoms with Gasteiger partial charge >= 0.3 is 0 Å². The number of aromatic nitrogens is 3. The minimum Gasteiger partial charge on any atom is -0.497 e. The second-order valence-electron chi connectivity index (χ2n) is 4.38. The molecule has 0 atom stereocenters. The van der Waals surface area contributed by atoms with Crippen molar-refractivity contribution in [3.8, 4) is 27.9 Å². The molecule has 0 saturated heterocycles. The molecule has 7 heteroatoms. The Hall–Kier alpha value is -2.25. The minimum absolute atomic E-state index is 0.408. The molecule has 2 aromatic heterocycles. The Morgan fingerprint density at radius 3 is 2.62 bits per heavy atom. The third-order valence-electron chi connectivity index (χ3n) is 2.98. The number of hydrogen-bond donors (Lipinski definition) is 1. The second-order valence-corrected chi connectivity index (χ2v) is 5.46. The van der Waals surface area contributed by atoms with Gasteiger partial charge < -0.3 is 15.0 Å². The van der Waals surface area contributed by atoms with Crippen LogP contribution in [0.3, 0.4) is 0 Å². The van der Waals surface area contributed by atoms with Gasteiger partial charge in [0.1, 0.15) is 15.6 Å². The zero-order valence-electron chi connectivity index (χ0n) is 11.7. The van der Waals surface area contributed by atoms with Gasteiger partial charge in [0.15, 0.2) is 0 Å². The largest absolute Gasteiger partial charge is 0.497 e. The smallest absolute Gasteiger partial charge is 0.270 e. The standard InChI is InChI=1S/C14H14N4O2S/c1-8-12(21-11(7-15)16-8)14-17-13(18-20-14)9-3-5-10(19-2)6-4-9/h3-6H,7,15H2,1-2H3. The molecular formula is C14H14N4O2S. The summed E-state index contributed by atoms with van der Waals surface area (Å²) in [6, 6.07) is 7.49. The van der Waals surface area contributed by atoms with E-state index < -0.39 is 0 Å². The van der Waals surface area contributed by atoms with Crippen LogP contribution in [0.5, 0.6) is 5.75 Å². The highest BCUT2D eigenvalue weighted by Gasteiger charge is 2.16. The number of nitrogens with two attached hydrogens (primary N) is 1. The van der Waals surface area contributed by atoms with Crippen LogP contribution in [0.25, 0.3) is 22.2 Å². The van der Waals surface area contributed by atoms with E-state index in [0.717, 1.165) is 26.9 Å². The van der Waals surface area contributed by atoms with Crippen molar-refractivity contribution in [2.75, 3.05) is 7.11 Å². The van der Waals surface area contributed by atoms with E-state index in [2.05, 4.69) is 15.1 Å². The van der Waals surface area contributed by atoms with Crippen LogP contribution in [0.4, 0.5) is 0 Å². The van der Waals surface area contributed by atoms with Gasteiger partial charge in [-0.25, -0.2) is 4.98 Å². The molecule has 0 bridgehead atoms. The summed E-state index contributed by atoms with van der Waals surface area (Å²) in [7, 11) is 1.63. The quantitative estimate of drug-likeness (QED) is 0.797. The Balaban J connectivity index is 1.93. The monoisotopic (exact) mass is 302 g/mol. The number of nitrogens with zero attached hydrogens (tertiary/aromatic N) is 3. The van der Waals surface area contributed by atoms with Crippen molar-refractivity contribution in [2.24, 2.45) is 5.73 Å². The minimum atomic E-state index is 0.408. The molecule has 0 aliphatic carbocycles. The maximum Gasteiger partial charge on any atom is 0.270 e. The second kappa shape index (κ2) is 5.63. The average Bonchev–Trinajstić information content (AvgIpc) is 3.13. The first-order valence-electron chi connectivity index (χ1n) is 6.36. The summed E-state index contributed by atoms with van der Waals surface area (Å²) in [5.41, 5.74) is 7.32. The first kappa shape index (κ1) is 13.7. The zero-order valence-corrected chi connectivity index (χ0v) is 12.5. The van der Waals surface area contributed by atoms with Crippen LogP contribution in [0.15, 0.2) is 28.8 Å². The summed E-state index contributed by atoms with van der Waals surface area (Å²) >= 11 is 1.47. The first-order valence-corrected chi connectivity index (χ1v) is 7.18. The van der Waals surface area contributed by atoms with E-state index >= 15 is 0 Å². The van der Waals surface area contributed by atoms with Crippen LogP contribution >= 0.6 is 11.3 Å². The summed E-state index contributed by atoms with van der Waals surface area (Å²) in [5.74, 6) is 1.79. The van der Waals surface area contributed by atoms with Gasteiger partial charge in [-0.2, -0.15) is 4.98 Å². The van der Waals surface area contributed by atoms with Crippen molar-refractivity contribution >= 4 is 11.3 Å². The fourth-order valence-electron chi connectivity index (χ4n) is 1.91. The molecule has 0 radical (unpaired) electrons. The van der Waals surface area contributed by atoms with Gasteiger partial charge in [-0.15, -0.1) is 11.3 Å². The van der Waals surface area contributed by atoms with E-state index in [9.17, 15) is 0 Å². The van der Waals surface area contributed by atoms with Crippen LogP contribution in [-0.4, -0.2) is 22.2 Å². The Morgan fingerprint density at radius 1 is 1.24 bits per heavy atom. The number of hydrogen-bond acceptors (Lipinski definition) is 7. The summed E-state index contributed by atoms with van der Waals surface area (Å²) in [5, 5.41) is 4.87. The molecule has 6 nitrogen and oxygen atoms in total. The van der Waals surface area contributed by atoms with E-state index in [1.165, 1.54) is 11.3 Å². The molecule has 21 heavy (non-hydrogen) atoms. The molecule has 0 amide bonds. The molecule has 3 rings (SSSR count). The topological polar surface area (TPSA) is 87.1 Å². The summed E-state index contributed by atoms with van der Waals surface area (Å²) in [6.07, 6.45) is 0. The van der Waals surface area contributed by atoms with Gasteiger partial charge in [0.2, 0.25) is 5.82 Å². The molecule has 2 N–H and O–H groups in total. The summed E-state index contributed by atoms with van der Waals surface area (Å²) in [6.45, 7) is 2.31. The number of ether oxygens (including phenoxy) is 1. The SMILES string of the molecule is COc1ccc(-c2noc(-c3sc(CN)nc3C)n2)cc1. The van der Waals surface area contributed by atoms with Gasteiger partial charge in [0.25, 0.3) is 5.89 Å². The molecule has 0 spiro atoms. The number of benzene rings is 1. The van der Waals surface area contributed by atoms with Gasteiger partial charge in [-0.05, 0) is 31.2 Å². The molecule has 0 aliphatic rings. The first-order chi connectivity index (χ1) is 10.2. The lowest BCUT2D eigenvalue weighted by Gasteiger charge is -1.98. The van der Waals surface area contributed by atoms with Crippen LogP contribution in [0, 0.1) is 6.92 Å². The third kappa shape index (κ3) is 2.65. The number of aryl methyl sites for hydroxylation is 1. The Kier molecular flexibility index (Phi) is 3.68. The van der Waals surface area contributed by atoms with E-state index in [1.807, 2.05) is 31.2 Å². The molecule has 2 heterocycles. The lowest BCUT2D eigenvalue weighted by Crippen LogP contribution is -1.94. The molecule has 3 aromatic rings. The molecule has 0 aliphatic heterocycles. The third-order valence-corrected chi connectivity index (χ3v) is 4.15. The van der Waals surface area contributed by atoms with Gasteiger partial charge in [0.05, 0.1) is 12.8 Å². The van der Waals surface area contributed by atoms with E-state index in [0.29, 0.717) is 18.3 Å². The molecule has 0 fully saturated rings. The summed E-state index contributed by atoms with van der Waals surface area (Å²) < 4.78 is 10.5. The van der Waals surface area contributed by atoms with Crippen molar-refractivity contribution in [3.63, 3.8) is 0 Å². The van der Waals surface area contributed by atoms with Crippen LogP contribution in [0.2, 0.25) is 0 Å². The lowest BCUT2D eigenvalue weighted by molar-refractivity contribution is 0.415. The molecule has 1 aromatic carbocycles. The average molecular weight is 302 g/mol. The zero-order chi connectivity index (χ0) is 14.8. The maximum absolute atomic E-state index is 5.60. The van der Waals surface area contributed by atoms with Crippen molar-refractivity contribution in [1.29, 1.82) is 0 Å². The number of methoxy groups -OCH3 is 1. The van der Waals surface area contributed by atoms with Gasteiger partial charge in [0, 0.05) is 12.1 Å². The van der Waals surface area contributed by atoms with Crippen LogP contribution in [-0.2, 0) is 6.54 Å². The van der Waals surface area contributed by atoms with Gasteiger partial charge in [-0.3, -0.25) is 0 Å². The van der Waals surface area contributed by atoms with Crippen LogP contribution in [0.1, 0.15) is 10.7 Å². The highest BCUT2D eigenvalue weighted by molar-refractivity contribution is 7.15. The fourth-order valence-corrected chi connectivity index (χ4v) is 2.78. The van der Waals surface area contributed by atoms with Gasteiger partial charge in [-0.1, -0.05) is 5.16 Å². The highest BCUT2D eigenvalue weighted by atomic mass is 32.1. The Morgan fingerprint density at radius 2 is 2.00 bits per heavy atom. The molecule has 0 saturated carbocycles. The predicted molar refractivity (Wildman–Crippen MR) is 80.0 cm³/mol. The van der Waals surface area contributed by atoms with Crippen molar-refractivity contribution < 1.29 is 9.26 Å². The Labute approximate surface area is 125 Å². The fraction of sp³-hybridized carbons (Fsp3) is 0.214. The predicted octanol–water partition coefficient (Wildman–Crippen LogP) is 2.64. The van der Waals surface area contributed by atoms with E-state index in [1.54, 1.807) is 7.11 Å². The van der Waals surface area contributed by atoms with Crippen LogP contribution < -0.4 is 10.5 Å². The molecule has 108 valence electrons. The number of thiazole rings is 1. The lowest BCUT2D eigenvalue weighted by atomic mass is 10.2. The number of rotatable bonds is 4. The molecule has 0 unspecified atom stereocenters. The van der Waals surface area contributed by atoms with Crippen molar-refractivity contribution in [2.45, 2.75) is 13.5 Å².